The molecule has 15 heavy (non-hydrogen) atoms. The number of aliphatic hydroxyl groups excluding tert-OH is 1. The average Bonchev–Trinajstić information content (AvgIpc) is 2.25. The average molecular weight is 208 g/mol. The second-order valence-corrected chi connectivity index (χ2v) is 3.91. The molecule has 0 bridgehead atoms. The Bertz CT molecular complexity index is 264. The molecule has 2 heteroatoms. The highest BCUT2D eigenvalue weighted by atomic mass is 16.5. The highest BCUT2D eigenvalue weighted by Gasteiger charge is 1.98. The molecule has 2 nitrogen and oxygen atoms in total. The summed E-state index contributed by atoms with van der Waals surface area (Å²) in [6, 6.07) is 8.11. The summed E-state index contributed by atoms with van der Waals surface area (Å²) >= 11 is 0. The lowest BCUT2D eigenvalue weighted by atomic mass is 10.1. The number of ether oxygens (including phenoxy) is 1. The van der Waals surface area contributed by atoms with E-state index >= 15 is 0 Å². The van der Waals surface area contributed by atoms with Crippen molar-refractivity contribution in [2.75, 3.05) is 6.61 Å². The van der Waals surface area contributed by atoms with Gasteiger partial charge in [-0.05, 0) is 37.5 Å². The first-order valence-corrected chi connectivity index (χ1v) is 5.62. The molecular formula is C13H20O2. The minimum absolute atomic E-state index is 0.355. The third-order valence-electron chi connectivity index (χ3n) is 2.23. The minimum Gasteiger partial charge on any atom is -0.491 e. The molecule has 1 aromatic carbocycles. The molecule has 0 amide bonds. The van der Waals surface area contributed by atoms with Crippen LogP contribution in [-0.4, -0.2) is 17.8 Å². The highest BCUT2D eigenvalue weighted by molar-refractivity contribution is 5.27. The van der Waals surface area contributed by atoms with Gasteiger partial charge in [0.05, 0.1) is 6.10 Å². The first kappa shape index (κ1) is 12.1. The Morgan fingerprint density at radius 2 is 1.93 bits per heavy atom. The molecule has 0 aliphatic rings. The second-order valence-electron chi connectivity index (χ2n) is 3.91. The molecule has 0 fully saturated rings. The topological polar surface area (TPSA) is 29.5 Å². The standard InChI is InChI=1S/C13H20O2/c1-3-4-5-12-6-8-13(9-7-12)15-10-11(2)14/h6-9,11,14H,3-5,10H2,1-2H3/t11-/m1/s1. The van der Waals surface area contributed by atoms with Crippen molar-refractivity contribution in [3.05, 3.63) is 29.8 Å². The van der Waals surface area contributed by atoms with Gasteiger partial charge in [-0.25, -0.2) is 0 Å². The summed E-state index contributed by atoms with van der Waals surface area (Å²) in [5.41, 5.74) is 1.35. The van der Waals surface area contributed by atoms with Crippen molar-refractivity contribution in [1.82, 2.24) is 0 Å². The SMILES string of the molecule is CCCCc1ccc(OC[C@@H](C)O)cc1. The lowest BCUT2D eigenvalue weighted by Crippen LogP contribution is -2.12. The number of rotatable bonds is 6. The molecular weight excluding hydrogens is 188 g/mol. The van der Waals surface area contributed by atoms with E-state index in [4.69, 9.17) is 9.84 Å². The fourth-order valence-corrected chi connectivity index (χ4v) is 1.35. The van der Waals surface area contributed by atoms with E-state index in [1.54, 1.807) is 6.92 Å². The Morgan fingerprint density at radius 3 is 2.47 bits per heavy atom. The Morgan fingerprint density at radius 1 is 1.27 bits per heavy atom. The Balaban J connectivity index is 2.41. The molecule has 1 N–H and O–H groups in total. The third-order valence-corrected chi connectivity index (χ3v) is 2.23. The van der Waals surface area contributed by atoms with Gasteiger partial charge < -0.3 is 9.84 Å². The molecule has 1 aromatic rings. The molecule has 0 aromatic heterocycles. The number of benzene rings is 1. The van der Waals surface area contributed by atoms with E-state index in [0.717, 1.165) is 12.2 Å². The maximum atomic E-state index is 9.06. The Hall–Kier alpha value is -1.02. The van der Waals surface area contributed by atoms with Gasteiger partial charge in [0.25, 0.3) is 0 Å². The quantitative estimate of drug-likeness (QED) is 0.779. The number of unbranched alkanes of at least 4 members (excludes halogenated alkanes) is 1. The van der Waals surface area contributed by atoms with Gasteiger partial charge in [-0.2, -0.15) is 0 Å². The van der Waals surface area contributed by atoms with Crippen LogP contribution < -0.4 is 4.74 Å². The van der Waals surface area contributed by atoms with E-state index in [0.29, 0.717) is 6.61 Å². The van der Waals surface area contributed by atoms with Crippen LogP contribution in [0.5, 0.6) is 5.75 Å². The van der Waals surface area contributed by atoms with Gasteiger partial charge in [-0.15, -0.1) is 0 Å². The minimum atomic E-state index is -0.412. The highest BCUT2D eigenvalue weighted by Crippen LogP contribution is 2.14. The van der Waals surface area contributed by atoms with Gasteiger partial charge in [-0.1, -0.05) is 25.5 Å². The number of aryl methyl sites for hydroxylation is 1. The van der Waals surface area contributed by atoms with Crippen molar-refractivity contribution in [3.63, 3.8) is 0 Å². The van der Waals surface area contributed by atoms with Crippen molar-refractivity contribution in [2.45, 2.75) is 39.2 Å². The smallest absolute Gasteiger partial charge is 0.119 e. The maximum absolute atomic E-state index is 9.06. The zero-order valence-electron chi connectivity index (χ0n) is 9.57. The normalized spacial score (nSPS) is 12.5. The van der Waals surface area contributed by atoms with Crippen LogP contribution in [0.4, 0.5) is 0 Å². The molecule has 0 radical (unpaired) electrons. The van der Waals surface area contributed by atoms with Crippen molar-refractivity contribution in [1.29, 1.82) is 0 Å². The second kappa shape index (κ2) is 6.46. The van der Waals surface area contributed by atoms with E-state index in [9.17, 15) is 0 Å². The van der Waals surface area contributed by atoms with Crippen LogP contribution in [0.1, 0.15) is 32.3 Å². The van der Waals surface area contributed by atoms with Gasteiger partial charge in [-0.3, -0.25) is 0 Å². The van der Waals surface area contributed by atoms with Crippen LogP contribution in [-0.2, 0) is 6.42 Å². The molecule has 1 rings (SSSR count). The van der Waals surface area contributed by atoms with E-state index < -0.39 is 6.10 Å². The van der Waals surface area contributed by atoms with E-state index in [2.05, 4.69) is 19.1 Å². The van der Waals surface area contributed by atoms with Crippen molar-refractivity contribution in [3.8, 4) is 5.75 Å². The summed E-state index contributed by atoms with van der Waals surface area (Å²) in [7, 11) is 0. The van der Waals surface area contributed by atoms with Gasteiger partial charge in [0, 0.05) is 0 Å². The largest absolute Gasteiger partial charge is 0.491 e. The van der Waals surface area contributed by atoms with Crippen LogP contribution >= 0.6 is 0 Å². The zero-order valence-corrected chi connectivity index (χ0v) is 9.57. The van der Waals surface area contributed by atoms with Crippen LogP contribution in [0.3, 0.4) is 0 Å². The maximum Gasteiger partial charge on any atom is 0.119 e. The van der Waals surface area contributed by atoms with Gasteiger partial charge in [0.2, 0.25) is 0 Å². The zero-order chi connectivity index (χ0) is 11.1. The van der Waals surface area contributed by atoms with Gasteiger partial charge in [0.1, 0.15) is 12.4 Å². The first-order chi connectivity index (χ1) is 7.22. The molecule has 0 saturated carbocycles. The van der Waals surface area contributed by atoms with Crippen molar-refractivity contribution >= 4 is 0 Å². The number of aliphatic hydroxyl groups is 1. The van der Waals surface area contributed by atoms with Crippen LogP contribution in [0.25, 0.3) is 0 Å². The molecule has 0 spiro atoms. The molecule has 0 saturated heterocycles. The van der Waals surface area contributed by atoms with Crippen molar-refractivity contribution < 1.29 is 9.84 Å². The summed E-state index contributed by atoms with van der Waals surface area (Å²) in [6.07, 6.45) is 3.17. The van der Waals surface area contributed by atoms with E-state index in [1.807, 2.05) is 12.1 Å². The Kier molecular flexibility index (Phi) is 5.19. The van der Waals surface area contributed by atoms with Gasteiger partial charge >= 0.3 is 0 Å². The molecule has 0 unspecified atom stereocenters. The fourth-order valence-electron chi connectivity index (χ4n) is 1.35. The summed E-state index contributed by atoms with van der Waals surface area (Å²) in [4.78, 5) is 0. The number of hydrogen-bond donors (Lipinski definition) is 1. The van der Waals surface area contributed by atoms with Gasteiger partial charge in [0.15, 0.2) is 0 Å². The van der Waals surface area contributed by atoms with Crippen LogP contribution in [0, 0.1) is 0 Å². The fraction of sp³-hybridized carbons (Fsp3) is 0.538. The molecule has 0 aliphatic carbocycles. The summed E-state index contributed by atoms with van der Waals surface area (Å²) < 4.78 is 5.38. The first-order valence-electron chi connectivity index (χ1n) is 5.62. The molecule has 0 heterocycles. The lowest BCUT2D eigenvalue weighted by Gasteiger charge is -2.08. The van der Waals surface area contributed by atoms with Crippen molar-refractivity contribution in [2.24, 2.45) is 0 Å². The Labute approximate surface area is 91.9 Å². The molecule has 1 atom stereocenters. The number of hydrogen-bond acceptors (Lipinski definition) is 2. The monoisotopic (exact) mass is 208 g/mol. The van der Waals surface area contributed by atoms with Crippen LogP contribution in [0.15, 0.2) is 24.3 Å². The molecule has 84 valence electrons. The molecule has 0 aliphatic heterocycles. The van der Waals surface area contributed by atoms with E-state index in [-0.39, 0.29) is 0 Å². The third kappa shape index (κ3) is 4.84. The lowest BCUT2D eigenvalue weighted by molar-refractivity contribution is 0.122. The summed E-state index contributed by atoms with van der Waals surface area (Å²) in [5, 5.41) is 9.06. The van der Waals surface area contributed by atoms with E-state index in [1.165, 1.54) is 18.4 Å². The predicted molar refractivity (Wildman–Crippen MR) is 62.2 cm³/mol. The summed E-state index contributed by atoms with van der Waals surface area (Å²) in [6.45, 7) is 4.27. The summed E-state index contributed by atoms with van der Waals surface area (Å²) in [5.74, 6) is 0.830. The van der Waals surface area contributed by atoms with Crippen LogP contribution in [0.2, 0.25) is 0 Å². The predicted octanol–water partition coefficient (Wildman–Crippen LogP) is 2.79.